The van der Waals surface area contributed by atoms with E-state index in [-0.39, 0.29) is 11.7 Å². The molecule has 0 unspecified atom stereocenters. The minimum atomic E-state index is -0.249. The maximum Gasteiger partial charge on any atom is 0.249 e. The summed E-state index contributed by atoms with van der Waals surface area (Å²) in [5.41, 5.74) is 0. The van der Waals surface area contributed by atoms with Crippen LogP contribution in [0.2, 0.25) is 0 Å². The molecular weight excluding hydrogens is 283 g/mol. The molecule has 0 saturated heterocycles. The van der Waals surface area contributed by atoms with E-state index < -0.39 is 0 Å². The van der Waals surface area contributed by atoms with Crippen molar-refractivity contribution in [1.82, 2.24) is 4.57 Å². The predicted octanol–water partition coefficient (Wildman–Crippen LogP) is 2.84. The molecule has 0 N–H and O–H groups in total. The maximum atomic E-state index is 12.7. The summed E-state index contributed by atoms with van der Waals surface area (Å²) in [6, 6.07) is 6.25. The molecule has 1 amide bonds. The number of hydrogen-bond donors (Lipinski definition) is 0. The van der Waals surface area contributed by atoms with Gasteiger partial charge in [-0.2, -0.15) is 4.99 Å². The second kappa shape index (κ2) is 6.68. The van der Waals surface area contributed by atoms with Crippen molar-refractivity contribution in [2.75, 3.05) is 5.75 Å². The molecule has 1 aromatic carbocycles. The first-order chi connectivity index (χ1) is 9.15. The van der Waals surface area contributed by atoms with Crippen LogP contribution in [0.4, 0.5) is 4.39 Å². The van der Waals surface area contributed by atoms with Crippen LogP contribution in [0.1, 0.15) is 6.42 Å². The van der Waals surface area contributed by atoms with Crippen molar-refractivity contribution in [2.45, 2.75) is 11.3 Å². The molecule has 0 aliphatic heterocycles. The van der Waals surface area contributed by atoms with Gasteiger partial charge in [-0.15, -0.1) is 23.1 Å². The lowest BCUT2D eigenvalue weighted by Crippen LogP contribution is -2.12. The van der Waals surface area contributed by atoms with E-state index in [0.29, 0.717) is 17.0 Å². The first kappa shape index (κ1) is 14.0. The summed E-state index contributed by atoms with van der Waals surface area (Å²) in [5, 5.41) is 1.89. The summed E-state index contributed by atoms with van der Waals surface area (Å²) in [7, 11) is 1.86. The summed E-state index contributed by atoms with van der Waals surface area (Å²) in [5.74, 6) is 0.261. The smallest absolute Gasteiger partial charge is 0.249 e. The summed E-state index contributed by atoms with van der Waals surface area (Å²) in [4.78, 5) is 17.4. The van der Waals surface area contributed by atoms with Gasteiger partial charge in [0, 0.05) is 35.7 Å². The largest absolute Gasteiger partial charge is 0.327 e. The van der Waals surface area contributed by atoms with Crippen LogP contribution in [0.5, 0.6) is 0 Å². The normalized spacial score (nSPS) is 11.8. The summed E-state index contributed by atoms with van der Waals surface area (Å²) >= 11 is 2.96. The van der Waals surface area contributed by atoms with Crippen LogP contribution in [0.3, 0.4) is 0 Å². The Morgan fingerprint density at radius 2 is 2.16 bits per heavy atom. The number of hydrogen-bond acceptors (Lipinski definition) is 3. The van der Waals surface area contributed by atoms with Gasteiger partial charge < -0.3 is 4.57 Å². The van der Waals surface area contributed by atoms with Gasteiger partial charge in [0.1, 0.15) is 5.82 Å². The third-order valence-electron chi connectivity index (χ3n) is 2.38. The molecule has 0 spiro atoms. The summed E-state index contributed by atoms with van der Waals surface area (Å²) in [6.45, 7) is 0. The Hall–Kier alpha value is -1.40. The fraction of sp³-hybridized carbons (Fsp3) is 0.231. The van der Waals surface area contributed by atoms with Gasteiger partial charge in [0.25, 0.3) is 0 Å². The number of nitrogens with zero attached hydrogens (tertiary/aromatic N) is 2. The number of aromatic nitrogens is 1. The molecule has 0 radical (unpaired) electrons. The number of carbonyl (C=O) groups excluding carboxylic acids is 1. The predicted molar refractivity (Wildman–Crippen MR) is 75.6 cm³/mol. The van der Waals surface area contributed by atoms with E-state index in [1.54, 1.807) is 12.1 Å². The van der Waals surface area contributed by atoms with Gasteiger partial charge in [0.2, 0.25) is 5.91 Å². The third-order valence-corrected chi connectivity index (χ3v) is 4.24. The molecule has 0 atom stereocenters. The Labute approximate surface area is 118 Å². The first-order valence-electron chi connectivity index (χ1n) is 5.71. The van der Waals surface area contributed by atoms with Crippen molar-refractivity contribution in [3.63, 3.8) is 0 Å². The molecule has 0 fully saturated rings. The zero-order valence-corrected chi connectivity index (χ0v) is 12.0. The van der Waals surface area contributed by atoms with Crippen molar-refractivity contribution in [2.24, 2.45) is 12.0 Å². The molecular formula is C13H13FN2OS2. The van der Waals surface area contributed by atoms with E-state index in [4.69, 9.17) is 0 Å². The molecule has 19 heavy (non-hydrogen) atoms. The highest BCUT2D eigenvalue weighted by molar-refractivity contribution is 7.99. The second-order valence-corrected chi connectivity index (χ2v) is 5.90. The Morgan fingerprint density at radius 1 is 1.42 bits per heavy atom. The lowest BCUT2D eigenvalue weighted by molar-refractivity contribution is -0.117. The molecule has 0 bridgehead atoms. The van der Waals surface area contributed by atoms with E-state index in [0.717, 1.165) is 4.90 Å². The molecule has 6 heteroatoms. The highest BCUT2D eigenvalue weighted by atomic mass is 32.2. The number of thioether (sulfide) groups is 1. The number of carbonyl (C=O) groups is 1. The molecule has 1 heterocycles. The van der Waals surface area contributed by atoms with E-state index in [1.807, 2.05) is 23.2 Å². The Kier molecular flexibility index (Phi) is 4.93. The van der Waals surface area contributed by atoms with Crippen LogP contribution in [-0.2, 0) is 11.8 Å². The quantitative estimate of drug-likeness (QED) is 0.813. The zero-order chi connectivity index (χ0) is 13.7. The topological polar surface area (TPSA) is 34.4 Å². The van der Waals surface area contributed by atoms with Gasteiger partial charge >= 0.3 is 0 Å². The maximum absolute atomic E-state index is 12.7. The molecule has 2 rings (SSSR count). The molecule has 100 valence electrons. The average molecular weight is 296 g/mol. The molecule has 3 nitrogen and oxygen atoms in total. The van der Waals surface area contributed by atoms with Crippen LogP contribution >= 0.6 is 23.1 Å². The zero-order valence-electron chi connectivity index (χ0n) is 10.4. The lowest BCUT2D eigenvalue weighted by atomic mass is 10.4. The molecule has 0 aliphatic rings. The van der Waals surface area contributed by atoms with Crippen LogP contribution in [0.25, 0.3) is 0 Å². The molecule has 0 saturated carbocycles. The van der Waals surface area contributed by atoms with E-state index in [1.165, 1.54) is 35.2 Å². The van der Waals surface area contributed by atoms with E-state index in [9.17, 15) is 9.18 Å². The highest BCUT2D eigenvalue weighted by Crippen LogP contribution is 2.18. The lowest BCUT2D eigenvalue weighted by Gasteiger charge is -1.99. The fourth-order valence-corrected chi connectivity index (χ4v) is 2.97. The van der Waals surface area contributed by atoms with Gasteiger partial charge in [-0.1, -0.05) is 0 Å². The number of rotatable bonds is 4. The molecule has 0 aliphatic carbocycles. The fourth-order valence-electron chi connectivity index (χ4n) is 1.38. The van der Waals surface area contributed by atoms with Gasteiger partial charge in [-0.3, -0.25) is 4.79 Å². The number of benzene rings is 1. The second-order valence-electron chi connectivity index (χ2n) is 3.85. The summed E-state index contributed by atoms with van der Waals surface area (Å²) < 4.78 is 14.5. The van der Waals surface area contributed by atoms with Gasteiger partial charge in [-0.25, -0.2) is 4.39 Å². The van der Waals surface area contributed by atoms with Gasteiger partial charge in [-0.05, 0) is 24.3 Å². The average Bonchev–Trinajstić information content (AvgIpc) is 2.78. The van der Waals surface area contributed by atoms with Crippen molar-refractivity contribution in [3.8, 4) is 0 Å². The van der Waals surface area contributed by atoms with Crippen LogP contribution in [0, 0.1) is 5.82 Å². The number of amides is 1. The minimum Gasteiger partial charge on any atom is -0.327 e. The minimum absolute atomic E-state index is 0.132. The highest BCUT2D eigenvalue weighted by Gasteiger charge is 2.01. The van der Waals surface area contributed by atoms with Gasteiger partial charge in [0.05, 0.1) is 0 Å². The Bertz CT molecular complexity index is 616. The monoisotopic (exact) mass is 296 g/mol. The van der Waals surface area contributed by atoms with Crippen molar-refractivity contribution in [1.29, 1.82) is 0 Å². The van der Waals surface area contributed by atoms with Gasteiger partial charge in [0.15, 0.2) is 4.80 Å². The van der Waals surface area contributed by atoms with Crippen molar-refractivity contribution in [3.05, 3.63) is 46.5 Å². The van der Waals surface area contributed by atoms with E-state index >= 15 is 0 Å². The third kappa shape index (κ3) is 4.33. The number of halogens is 1. The Morgan fingerprint density at radius 3 is 2.79 bits per heavy atom. The van der Waals surface area contributed by atoms with E-state index in [2.05, 4.69) is 4.99 Å². The Balaban J connectivity index is 1.85. The van der Waals surface area contributed by atoms with Crippen LogP contribution in [0.15, 0.2) is 45.7 Å². The SMILES string of the molecule is Cn1ccsc1=NC(=O)CCSc1ccc(F)cc1. The standard InChI is InChI=1S/C13H13FN2OS2/c1-16-7-9-19-13(16)15-12(17)6-8-18-11-4-2-10(14)3-5-11/h2-5,7,9H,6,8H2,1H3. The molecule has 1 aromatic heterocycles. The number of aryl methyl sites for hydroxylation is 1. The summed E-state index contributed by atoms with van der Waals surface area (Å²) in [6.07, 6.45) is 2.24. The number of thiazole rings is 1. The van der Waals surface area contributed by atoms with Crippen LogP contribution < -0.4 is 4.80 Å². The first-order valence-corrected chi connectivity index (χ1v) is 7.58. The van der Waals surface area contributed by atoms with Crippen molar-refractivity contribution < 1.29 is 9.18 Å². The molecule has 2 aromatic rings. The van der Waals surface area contributed by atoms with Crippen LogP contribution in [-0.4, -0.2) is 16.2 Å². The van der Waals surface area contributed by atoms with Crippen molar-refractivity contribution >= 4 is 29.0 Å².